The first-order valence-corrected chi connectivity index (χ1v) is 10.9. The third-order valence-corrected chi connectivity index (χ3v) is 6.05. The van der Waals surface area contributed by atoms with Gasteiger partial charge in [0.1, 0.15) is 12.3 Å². The highest BCUT2D eigenvalue weighted by molar-refractivity contribution is 7.80. The highest BCUT2D eigenvalue weighted by atomic mass is 32.1. The van der Waals surface area contributed by atoms with Crippen molar-refractivity contribution in [3.63, 3.8) is 0 Å². The van der Waals surface area contributed by atoms with E-state index in [0.717, 1.165) is 28.3 Å². The van der Waals surface area contributed by atoms with Crippen LogP contribution in [0, 0.1) is 13.8 Å². The molecule has 2 aromatic heterocycles. The van der Waals surface area contributed by atoms with E-state index in [2.05, 4.69) is 27.9 Å². The standard InChI is InChI=1S/C24H26N4O3S/c1-4-31-21(30)14-27-23(22(26-24(27)32)20-7-5-6-12-25-20)19-13-15(2)28(16(19)3)17-8-10-18(29)11-9-17/h5-13,22-23,29H,4,14H2,1-3H3,(H,26,32)/t22-,23-/m0/s1. The number of pyridine rings is 1. The van der Waals surface area contributed by atoms with Crippen molar-refractivity contribution in [2.24, 2.45) is 0 Å². The van der Waals surface area contributed by atoms with Crippen LogP contribution in [0.2, 0.25) is 0 Å². The summed E-state index contributed by atoms with van der Waals surface area (Å²) in [5.41, 5.74) is 4.91. The SMILES string of the molecule is CCOC(=O)CN1C(=S)N[C@@H](c2ccccn2)[C@@H]1c1cc(C)n(-c2ccc(O)cc2)c1C. The molecule has 166 valence electrons. The summed E-state index contributed by atoms with van der Waals surface area (Å²) in [4.78, 5) is 18.8. The van der Waals surface area contributed by atoms with Crippen molar-refractivity contribution >= 4 is 23.3 Å². The minimum atomic E-state index is -0.323. The van der Waals surface area contributed by atoms with Crippen molar-refractivity contribution in [2.45, 2.75) is 32.9 Å². The van der Waals surface area contributed by atoms with Gasteiger partial charge in [-0.2, -0.15) is 0 Å². The zero-order valence-corrected chi connectivity index (χ0v) is 19.1. The molecule has 0 bridgehead atoms. The van der Waals surface area contributed by atoms with Gasteiger partial charge < -0.3 is 24.6 Å². The van der Waals surface area contributed by atoms with Crippen LogP contribution in [0.5, 0.6) is 5.75 Å². The number of benzene rings is 1. The Labute approximate surface area is 192 Å². The molecule has 0 amide bonds. The van der Waals surface area contributed by atoms with Crippen molar-refractivity contribution in [3.05, 3.63) is 77.4 Å². The largest absolute Gasteiger partial charge is 0.508 e. The van der Waals surface area contributed by atoms with E-state index in [0.29, 0.717) is 11.7 Å². The van der Waals surface area contributed by atoms with Gasteiger partial charge in [0.2, 0.25) is 0 Å². The second kappa shape index (κ2) is 9.00. The van der Waals surface area contributed by atoms with Gasteiger partial charge in [-0.15, -0.1) is 0 Å². The highest BCUT2D eigenvalue weighted by Gasteiger charge is 2.42. The second-order valence-corrected chi connectivity index (χ2v) is 8.12. The van der Waals surface area contributed by atoms with Gasteiger partial charge in [-0.3, -0.25) is 9.78 Å². The van der Waals surface area contributed by atoms with Gasteiger partial charge in [-0.05, 0) is 81.0 Å². The number of phenolic OH excluding ortho intramolecular Hbond substituents is 1. The lowest BCUT2D eigenvalue weighted by Gasteiger charge is -2.27. The van der Waals surface area contributed by atoms with Gasteiger partial charge >= 0.3 is 5.97 Å². The maximum atomic E-state index is 12.4. The summed E-state index contributed by atoms with van der Waals surface area (Å²) in [5.74, 6) is -0.103. The number of carbonyl (C=O) groups excluding carboxylic acids is 1. The molecular weight excluding hydrogens is 424 g/mol. The number of aromatic nitrogens is 2. The number of rotatable bonds is 6. The number of ether oxygens (including phenoxy) is 1. The number of phenols is 1. The number of hydrogen-bond donors (Lipinski definition) is 2. The van der Waals surface area contributed by atoms with Gasteiger partial charge in [0.15, 0.2) is 5.11 Å². The van der Waals surface area contributed by atoms with Gasteiger partial charge in [0.25, 0.3) is 0 Å². The van der Waals surface area contributed by atoms with Crippen LogP contribution in [-0.4, -0.2) is 43.8 Å². The number of nitrogens with zero attached hydrogens (tertiary/aromatic N) is 3. The summed E-state index contributed by atoms with van der Waals surface area (Å²) in [5, 5.41) is 13.5. The molecule has 32 heavy (non-hydrogen) atoms. The van der Waals surface area contributed by atoms with E-state index in [9.17, 15) is 9.90 Å². The minimum absolute atomic E-state index is 0.0521. The van der Waals surface area contributed by atoms with Crippen LogP contribution in [-0.2, 0) is 9.53 Å². The molecule has 4 rings (SSSR count). The predicted octanol–water partition coefficient (Wildman–Crippen LogP) is 3.73. The van der Waals surface area contributed by atoms with Gasteiger partial charge in [0, 0.05) is 23.3 Å². The summed E-state index contributed by atoms with van der Waals surface area (Å²) in [6.45, 7) is 6.25. The molecule has 0 aliphatic carbocycles. The zero-order valence-electron chi connectivity index (χ0n) is 18.3. The third kappa shape index (κ3) is 4.05. The normalized spacial score (nSPS) is 18.0. The number of carbonyl (C=O) groups is 1. The maximum Gasteiger partial charge on any atom is 0.325 e. The van der Waals surface area contributed by atoms with E-state index in [1.807, 2.05) is 42.2 Å². The first-order valence-electron chi connectivity index (χ1n) is 10.5. The molecule has 0 saturated carbocycles. The van der Waals surface area contributed by atoms with Crippen LogP contribution < -0.4 is 5.32 Å². The Morgan fingerprint density at radius 1 is 1.22 bits per heavy atom. The van der Waals surface area contributed by atoms with Gasteiger partial charge in [-0.25, -0.2) is 0 Å². The molecule has 8 heteroatoms. The molecule has 0 unspecified atom stereocenters. The lowest BCUT2D eigenvalue weighted by Crippen LogP contribution is -2.35. The van der Waals surface area contributed by atoms with Crippen molar-refractivity contribution in [3.8, 4) is 11.4 Å². The maximum absolute atomic E-state index is 12.4. The predicted molar refractivity (Wildman–Crippen MR) is 126 cm³/mol. The van der Waals surface area contributed by atoms with Crippen molar-refractivity contribution in [1.29, 1.82) is 0 Å². The van der Waals surface area contributed by atoms with E-state index < -0.39 is 0 Å². The van der Waals surface area contributed by atoms with Crippen molar-refractivity contribution < 1.29 is 14.6 Å². The molecule has 1 aliphatic rings. The van der Waals surface area contributed by atoms with Crippen LogP contribution in [0.3, 0.4) is 0 Å². The number of aromatic hydroxyl groups is 1. The first-order chi connectivity index (χ1) is 15.4. The molecule has 3 heterocycles. The van der Waals surface area contributed by atoms with Crippen LogP contribution in [0.25, 0.3) is 5.69 Å². The molecule has 3 aromatic rings. The molecule has 7 nitrogen and oxygen atoms in total. The monoisotopic (exact) mass is 450 g/mol. The Balaban J connectivity index is 1.80. The zero-order chi connectivity index (χ0) is 22.8. The Morgan fingerprint density at radius 2 is 1.97 bits per heavy atom. The van der Waals surface area contributed by atoms with E-state index >= 15 is 0 Å². The summed E-state index contributed by atoms with van der Waals surface area (Å²) >= 11 is 5.63. The molecule has 1 aromatic carbocycles. The van der Waals surface area contributed by atoms with E-state index in [1.54, 1.807) is 25.3 Å². The lowest BCUT2D eigenvalue weighted by atomic mass is 9.97. The molecule has 2 N–H and O–H groups in total. The summed E-state index contributed by atoms with van der Waals surface area (Å²) in [6.07, 6.45) is 1.75. The number of aryl methyl sites for hydroxylation is 1. The Bertz CT molecular complexity index is 1130. The molecule has 2 atom stereocenters. The summed E-state index contributed by atoms with van der Waals surface area (Å²) < 4.78 is 7.34. The van der Waals surface area contributed by atoms with Gasteiger partial charge in [-0.1, -0.05) is 6.07 Å². The van der Waals surface area contributed by atoms with Gasteiger partial charge in [0.05, 0.1) is 24.4 Å². The van der Waals surface area contributed by atoms with Crippen LogP contribution >= 0.6 is 12.2 Å². The van der Waals surface area contributed by atoms with Crippen molar-refractivity contribution in [2.75, 3.05) is 13.2 Å². The smallest absolute Gasteiger partial charge is 0.325 e. The number of nitrogens with one attached hydrogen (secondary N) is 1. The first kappa shape index (κ1) is 21.8. The molecular formula is C24H26N4O3S. The van der Waals surface area contributed by atoms with E-state index in [-0.39, 0.29) is 30.3 Å². The average Bonchev–Trinajstić information content (AvgIpc) is 3.25. The average molecular weight is 451 g/mol. The quantitative estimate of drug-likeness (QED) is 0.438. The fraction of sp³-hybridized carbons (Fsp3) is 0.292. The third-order valence-electron chi connectivity index (χ3n) is 5.70. The fourth-order valence-corrected chi connectivity index (χ4v) is 4.65. The Morgan fingerprint density at radius 3 is 2.62 bits per heavy atom. The molecule has 1 fully saturated rings. The topological polar surface area (TPSA) is 79.6 Å². The van der Waals surface area contributed by atoms with Crippen LogP contribution in [0.15, 0.2) is 54.7 Å². The Kier molecular flexibility index (Phi) is 6.14. The van der Waals surface area contributed by atoms with Crippen LogP contribution in [0.1, 0.15) is 41.7 Å². The second-order valence-electron chi connectivity index (χ2n) is 7.74. The fourth-order valence-electron chi connectivity index (χ4n) is 4.35. The highest BCUT2D eigenvalue weighted by Crippen LogP contribution is 2.41. The molecule has 1 saturated heterocycles. The van der Waals surface area contributed by atoms with Crippen molar-refractivity contribution in [1.82, 2.24) is 19.8 Å². The minimum Gasteiger partial charge on any atom is -0.508 e. The molecule has 0 radical (unpaired) electrons. The Hall–Kier alpha value is -3.39. The summed E-state index contributed by atoms with van der Waals surface area (Å²) in [7, 11) is 0. The number of hydrogen-bond acceptors (Lipinski definition) is 5. The van der Waals surface area contributed by atoms with E-state index in [1.165, 1.54) is 0 Å². The molecule has 1 aliphatic heterocycles. The lowest BCUT2D eigenvalue weighted by molar-refractivity contribution is -0.143. The van der Waals surface area contributed by atoms with E-state index in [4.69, 9.17) is 17.0 Å². The number of esters is 1. The summed E-state index contributed by atoms with van der Waals surface area (Å²) in [6, 6.07) is 14.5. The van der Waals surface area contributed by atoms with Crippen LogP contribution in [0.4, 0.5) is 0 Å². The number of thiocarbonyl (C=S) groups is 1. The molecule has 0 spiro atoms.